The van der Waals surface area contributed by atoms with Crippen molar-refractivity contribution in [2.45, 2.75) is 13.8 Å². The molecule has 0 spiro atoms. The van der Waals surface area contributed by atoms with Crippen molar-refractivity contribution in [1.82, 2.24) is 9.97 Å². The van der Waals surface area contributed by atoms with Crippen molar-refractivity contribution in [2.24, 2.45) is 0 Å². The second kappa shape index (κ2) is 8.91. The molecule has 0 atom stereocenters. The van der Waals surface area contributed by atoms with Gasteiger partial charge in [0.2, 0.25) is 11.5 Å². The topological polar surface area (TPSA) is 108 Å². The molecule has 32 heavy (non-hydrogen) atoms. The van der Waals surface area contributed by atoms with Gasteiger partial charge < -0.3 is 33.6 Å². The highest BCUT2D eigenvalue weighted by Crippen LogP contribution is 2.40. The zero-order chi connectivity index (χ0) is 22.8. The average Bonchev–Trinajstić information content (AvgIpc) is 3.13. The number of ether oxygens (including phenoxy) is 4. The van der Waals surface area contributed by atoms with Crippen LogP contribution in [0.1, 0.15) is 21.9 Å². The van der Waals surface area contributed by atoms with Gasteiger partial charge in [-0.1, -0.05) is 0 Å². The summed E-state index contributed by atoms with van der Waals surface area (Å²) in [5.41, 5.74) is 1.25. The van der Waals surface area contributed by atoms with Gasteiger partial charge in [0.25, 0.3) is 5.91 Å². The van der Waals surface area contributed by atoms with Crippen LogP contribution in [0.25, 0.3) is 11.1 Å². The third kappa shape index (κ3) is 3.89. The molecule has 0 radical (unpaired) electrons. The number of nitrogens with zero attached hydrogens (tertiary/aromatic N) is 3. The number of furan rings is 1. The molecule has 0 bridgehead atoms. The van der Waals surface area contributed by atoms with E-state index >= 15 is 0 Å². The van der Waals surface area contributed by atoms with Crippen LogP contribution in [0.4, 0.5) is 11.5 Å². The van der Waals surface area contributed by atoms with E-state index in [1.165, 1.54) is 21.3 Å². The Hall–Kier alpha value is -3.53. The lowest BCUT2D eigenvalue weighted by atomic mass is 10.1. The van der Waals surface area contributed by atoms with E-state index in [0.29, 0.717) is 83.3 Å². The van der Waals surface area contributed by atoms with Crippen LogP contribution in [0.3, 0.4) is 0 Å². The molecule has 2 aromatic heterocycles. The highest BCUT2D eigenvalue weighted by Gasteiger charge is 2.27. The molecule has 0 saturated carbocycles. The molecule has 4 rings (SSSR count). The minimum atomic E-state index is -0.350. The lowest BCUT2D eigenvalue weighted by Crippen LogP contribution is -2.37. The van der Waals surface area contributed by atoms with E-state index in [1.807, 2.05) is 0 Å². The van der Waals surface area contributed by atoms with E-state index in [0.717, 1.165) is 0 Å². The van der Waals surface area contributed by atoms with Crippen molar-refractivity contribution in [3.63, 3.8) is 0 Å². The Kier molecular flexibility index (Phi) is 6.04. The van der Waals surface area contributed by atoms with Gasteiger partial charge in [0.05, 0.1) is 45.5 Å². The number of aromatic nitrogens is 2. The molecule has 1 aliphatic heterocycles. The Morgan fingerprint density at radius 1 is 1.03 bits per heavy atom. The molecule has 1 saturated heterocycles. The normalized spacial score (nSPS) is 13.8. The van der Waals surface area contributed by atoms with Crippen LogP contribution in [0, 0.1) is 13.8 Å². The van der Waals surface area contributed by atoms with Crippen molar-refractivity contribution < 1.29 is 28.2 Å². The molecular formula is C22H26N4O6. The molecule has 3 aromatic rings. The fraction of sp³-hybridized carbons (Fsp3) is 0.409. The van der Waals surface area contributed by atoms with E-state index in [2.05, 4.69) is 20.2 Å². The van der Waals surface area contributed by atoms with Gasteiger partial charge in [-0.3, -0.25) is 4.79 Å². The molecule has 1 amide bonds. The average molecular weight is 442 g/mol. The smallest absolute Gasteiger partial charge is 0.260 e. The highest BCUT2D eigenvalue weighted by molar-refractivity contribution is 6.15. The number of hydrogen-bond donors (Lipinski definition) is 1. The highest BCUT2D eigenvalue weighted by atomic mass is 16.5. The summed E-state index contributed by atoms with van der Waals surface area (Å²) in [4.78, 5) is 24.5. The first kappa shape index (κ1) is 21.7. The number of carbonyl (C=O) groups is 1. The molecule has 10 nitrogen and oxygen atoms in total. The molecule has 0 unspecified atom stereocenters. The minimum Gasteiger partial charge on any atom is -0.493 e. The Labute approximate surface area is 185 Å². The van der Waals surface area contributed by atoms with Crippen LogP contribution in [0.5, 0.6) is 17.2 Å². The number of nitrogens with one attached hydrogen (secondary N) is 1. The Balaban J connectivity index is 1.77. The first-order chi connectivity index (χ1) is 15.5. The number of methoxy groups -OCH3 is 3. The van der Waals surface area contributed by atoms with Crippen molar-refractivity contribution in [3.05, 3.63) is 29.3 Å². The van der Waals surface area contributed by atoms with E-state index < -0.39 is 0 Å². The zero-order valence-corrected chi connectivity index (χ0v) is 18.8. The van der Waals surface area contributed by atoms with Gasteiger partial charge in [-0.05, 0) is 13.8 Å². The van der Waals surface area contributed by atoms with Gasteiger partial charge in [-0.2, -0.15) is 4.98 Å². The van der Waals surface area contributed by atoms with Crippen LogP contribution < -0.4 is 24.4 Å². The second-order valence-electron chi connectivity index (χ2n) is 7.28. The van der Waals surface area contributed by atoms with Gasteiger partial charge in [0, 0.05) is 30.9 Å². The largest absolute Gasteiger partial charge is 0.493 e. The summed E-state index contributed by atoms with van der Waals surface area (Å²) in [6, 6.07) is 3.33. The molecule has 0 aliphatic carbocycles. The first-order valence-corrected chi connectivity index (χ1v) is 10.2. The Morgan fingerprint density at radius 3 is 2.28 bits per heavy atom. The van der Waals surface area contributed by atoms with Crippen molar-refractivity contribution in [1.29, 1.82) is 0 Å². The Morgan fingerprint density at radius 2 is 1.69 bits per heavy atom. The predicted molar refractivity (Wildman–Crippen MR) is 118 cm³/mol. The minimum absolute atomic E-state index is 0.350. The lowest BCUT2D eigenvalue weighted by molar-refractivity contribution is 0.102. The standard InChI is InChI=1S/C22H26N4O6/c1-12-17(21(27)25-14-10-15(28-3)19(30-5)16(11-14)29-4)18-20(26-6-8-31-9-7-26)23-13(2)24-22(18)32-12/h10-11H,6-9H2,1-5H3,(H,25,27). The van der Waals surface area contributed by atoms with E-state index in [1.54, 1.807) is 26.0 Å². The third-order valence-corrected chi connectivity index (χ3v) is 5.28. The maximum Gasteiger partial charge on any atom is 0.260 e. The molecule has 10 heteroatoms. The number of amides is 1. The third-order valence-electron chi connectivity index (χ3n) is 5.28. The maximum absolute atomic E-state index is 13.4. The number of benzene rings is 1. The summed E-state index contributed by atoms with van der Waals surface area (Å²) in [5, 5.41) is 3.49. The van der Waals surface area contributed by atoms with Gasteiger partial charge in [0.15, 0.2) is 11.5 Å². The van der Waals surface area contributed by atoms with Gasteiger partial charge in [0.1, 0.15) is 17.4 Å². The number of fused-ring (bicyclic) bond motifs is 1. The number of morpholine rings is 1. The summed E-state index contributed by atoms with van der Waals surface area (Å²) in [7, 11) is 4.56. The quantitative estimate of drug-likeness (QED) is 0.616. The van der Waals surface area contributed by atoms with Crippen LogP contribution >= 0.6 is 0 Å². The van der Waals surface area contributed by atoms with E-state index in [9.17, 15) is 4.79 Å². The fourth-order valence-corrected chi connectivity index (χ4v) is 3.82. The summed E-state index contributed by atoms with van der Waals surface area (Å²) >= 11 is 0. The molecule has 1 aromatic carbocycles. The molecule has 3 heterocycles. The van der Waals surface area contributed by atoms with Crippen LogP contribution in [-0.2, 0) is 4.74 Å². The van der Waals surface area contributed by atoms with Gasteiger partial charge in [-0.15, -0.1) is 0 Å². The van der Waals surface area contributed by atoms with Crippen LogP contribution in [0.15, 0.2) is 16.5 Å². The zero-order valence-electron chi connectivity index (χ0n) is 18.8. The second-order valence-corrected chi connectivity index (χ2v) is 7.28. The van der Waals surface area contributed by atoms with Gasteiger partial charge >= 0.3 is 0 Å². The van der Waals surface area contributed by atoms with E-state index in [4.69, 9.17) is 23.4 Å². The molecular weight excluding hydrogens is 416 g/mol. The molecule has 170 valence electrons. The molecule has 1 aliphatic rings. The SMILES string of the molecule is COc1cc(NC(=O)c2c(C)oc3nc(C)nc(N4CCOCC4)c23)cc(OC)c1OC. The number of rotatable bonds is 6. The van der Waals surface area contributed by atoms with Gasteiger partial charge in [-0.25, -0.2) is 4.98 Å². The molecule has 1 fully saturated rings. The predicted octanol–water partition coefficient (Wildman–Crippen LogP) is 2.95. The summed E-state index contributed by atoms with van der Waals surface area (Å²) in [6.45, 7) is 6.07. The van der Waals surface area contributed by atoms with Crippen molar-refractivity contribution in [2.75, 3.05) is 57.8 Å². The summed E-state index contributed by atoms with van der Waals surface area (Å²) in [5.74, 6) is 2.66. The van der Waals surface area contributed by atoms with E-state index in [-0.39, 0.29) is 5.91 Å². The number of aryl methyl sites for hydroxylation is 2. The Bertz CT molecular complexity index is 1130. The summed E-state index contributed by atoms with van der Waals surface area (Å²) < 4.78 is 27.4. The number of hydrogen-bond acceptors (Lipinski definition) is 9. The fourth-order valence-electron chi connectivity index (χ4n) is 3.82. The van der Waals surface area contributed by atoms with Crippen LogP contribution in [-0.4, -0.2) is 63.5 Å². The van der Waals surface area contributed by atoms with Crippen molar-refractivity contribution >= 4 is 28.5 Å². The summed E-state index contributed by atoms with van der Waals surface area (Å²) in [6.07, 6.45) is 0. The monoisotopic (exact) mass is 442 g/mol. The number of carbonyl (C=O) groups excluding carboxylic acids is 1. The molecule has 1 N–H and O–H groups in total. The number of anilines is 2. The first-order valence-electron chi connectivity index (χ1n) is 10.2. The maximum atomic E-state index is 13.4. The van der Waals surface area contributed by atoms with Crippen molar-refractivity contribution in [3.8, 4) is 17.2 Å². The van der Waals surface area contributed by atoms with Crippen LogP contribution in [0.2, 0.25) is 0 Å². The lowest BCUT2D eigenvalue weighted by Gasteiger charge is -2.28.